The van der Waals surface area contributed by atoms with Crippen molar-refractivity contribution in [1.82, 2.24) is 24.2 Å². The molecule has 0 saturated heterocycles. The fraction of sp³-hybridized carbons (Fsp3) is 0.333. The summed E-state index contributed by atoms with van der Waals surface area (Å²) in [5, 5.41) is 5.42. The Morgan fingerprint density at radius 1 is 1.34 bits per heavy atom. The molecular formula is C21H20ClN5O4S. The largest absolute Gasteiger partial charge is 0.486 e. The maximum Gasteiger partial charge on any atom is 0.267 e. The number of fused-ring (bicyclic) bond motifs is 2. The van der Waals surface area contributed by atoms with E-state index in [1.165, 1.54) is 22.9 Å². The van der Waals surface area contributed by atoms with Gasteiger partial charge in [-0.15, -0.1) is 0 Å². The van der Waals surface area contributed by atoms with Crippen molar-refractivity contribution in [3.63, 3.8) is 0 Å². The van der Waals surface area contributed by atoms with Gasteiger partial charge in [0, 0.05) is 31.7 Å². The maximum absolute atomic E-state index is 13.5. The Kier molecular flexibility index (Phi) is 5.56. The first-order valence-corrected chi connectivity index (χ1v) is 11.4. The molecule has 1 amide bonds. The molecule has 166 valence electrons. The zero-order valence-corrected chi connectivity index (χ0v) is 18.8. The number of hydrogen-bond donors (Lipinski definition) is 0. The molecule has 0 spiro atoms. The number of nitrogens with zero attached hydrogens (tertiary/aromatic N) is 5. The number of aromatic nitrogens is 4. The van der Waals surface area contributed by atoms with Crippen LogP contribution in [-0.4, -0.2) is 55.1 Å². The van der Waals surface area contributed by atoms with E-state index in [-0.39, 0.29) is 30.8 Å². The van der Waals surface area contributed by atoms with Crippen molar-refractivity contribution in [2.75, 3.05) is 18.9 Å². The van der Waals surface area contributed by atoms with Gasteiger partial charge < -0.3 is 14.4 Å². The van der Waals surface area contributed by atoms with Crippen molar-refractivity contribution >= 4 is 29.3 Å². The lowest BCUT2D eigenvalue weighted by molar-refractivity contribution is 0.0439. The Morgan fingerprint density at radius 2 is 2.16 bits per heavy atom. The molecular weight excluding hydrogens is 454 g/mol. The molecule has 3 aromatic rings. The Balaban J connectivity index is 1.44. The van der Waals surface area contributed by atoms with E-state index in [4.69, 9.17) is 21.1 Å². The molecule has 32 heavy (non-hydrogen) atoms. The van der Waals surface area contributed by atoms with Crippen LogP contribution in [0.25, 0.3) is 0 Å². The minimum atomic E-state index is -0.445. The smallest absolute Gasteiger partial charge is 0.267 e. The van der Waals surface area contributed by atoms with Crippen LogP contribution in [0.15, 0.2) is 46.6 Å². The van der Waals surface area contributed by atoms with Crippen LogP contribution in [-0.2, 0) is 20.1 Å². The van der Waals surface area contributed by atoms with Crippen LogP contribution < -0.4 is 15.0 Å². The van der Waals surface area contributed by atoms with Crippen molar-refractivity contribution < 1.29 is 14.3 Å². The topological polar surface area (TPSA) is 91.5 Å². The number of hydrogen-bond acceptors (Lipinski definition) is 7. The van der Waals surface area contributed by atoms with Gasteiger partial charge in [-0.1, -0.05) is 35.5 Å². The molecule has 0 radical (unpaired) electrons. The first-order chi connectivity index (χ1) is 15.5. The lowest BCUT2D eigenvalue weighted by Gasteiger charge is -2.31. The molecule has 2 aliphatic heterocycles. The molecule has 4 heterocycles. The van der Waals surface area contributed by atoms with E-state index in [9.17, 15) is 9.59 Å². The summed E-state index contributed by atoms with van der Waals surface area (Å²) in [5.41, 5.74) is 0.207. The number of aryl methyl sites for hydroxylation is 1. The van der Waals surface area contributed by atoms with Crippen molar-refractivity contribution in [2.45, 2.75) is 24.3 Å². The quantitative estimate of drug-likeness (QED) is 0.525. The van der Waals surface area contributed by atoms with Gasteiger partial charge in [0.1, 0.15) is 17.9 Å². The lowest BCUT2D eigenvalue weighted by Crippen LogP contribution is -2.45. The van der Waals surface area contributed by atoms with E-state index in [0.717, 1.165) is 5.75 Å². The molecule has 2 aliphatic rings. The fourth-order valence-corrected chi connectivity index (χ4v) is 4.90. The molecule has 11 heteroatoms. The van der Waals surface area contributed by atoms with Crippen LogP contribution in [0.4, 0.5) is 0 Å². The van der Waals surface area contributed by atoms with Gasteiger partial charge in [-0.05, 0) is 12.1 Å². The van der Waals surface area contributed by atoms with E-state index in [1.807, 2.05) is 24.3 Å². The first-order valence-electron chi connectivity index (χ1n) is 10.1. The third-order valence-corrected chi connectivity index (χ3v) is 6.55. The molecule has 1 aromatic carbocycles. The lowest BCUT2D eigenvalue weighted by atomic mass is 10.2. The van der Waals surface area contributed by atoms with Gasteiger partial charge in [-0.2, -0.15) is 5.10 Å². The number of amides is 1. The third-order valence-electron chi connectivity index (χ3n) is 5.26. The highest BCUT2D eigenvalue weighted by molar-refractivity contribution is 7.99. The van der Waals surface area contributed by atoms with Crippen LogP contribution in [0.2, 0.25) is 5.02 Å². The monoisotopic (exact) mass is 473 g/mol. The average Bonchev–Trinajstić information content (AvgIpc) is 3.39. The molecule has 5 rings (SSSR count). The Morgan fingerprint density at radius 3 is 2.94 bits per heavy atom. The van der Waals surface area contributed by atoms with Gasteiger partial charge in [0.2, 0.25) is 0 Å². The summed E-state index contributed by atoms with van der Waals surface area (Å²) in [4.78, 5) is 32.3. The van der Waals surface area contributed by atoms with Gasteiger partial charge in [-0.25, -0.2) is 4.98 Å². The predicted octanol–water partition coefficient (Wildman–Crippen LogP) is 2.22. The summed E-state index contributed by atoms with van der Waals surface area (Å²) in [6.45, 7) is 1.12. The molecule has 9 nitrogen and oxygen atoms in total. The molecule has 0 aliphatic carbocycles. The number of carbonyl (C=O) groups excluding carboxylic acids is 1. The van der Waals surface area contributed by atoms with Gasteiger partial charge in [0.15, 0.2) is 22.8 Å². The number of rotatable bonds is 5. The van der Waals surface area contributed by atoms with E-state index in [0.29, 0.717) is 33.9 Å². The van der Waals surface area contributed by atoms with Crippen LogP contribution in [0.3, 0.4) is 0 Å². The third kappa shape index (κ3) is 3.95. The summed E-state index contributed by atoms with van der Waals surface area (Å²) in [6, 6.07) is 7.37. The second kappa shape index (κ2) is 8.51. The molecule has 0 N–H and O–H groups in total. The number of benzene rings is 1. The van der Waals surface area contributed by atoms with Crippen molar-refractivity contribution in [3.05, 3.63) is 63.3 Å². The van der Waals surface area contributed by atoms with Crippen molar-refractivity contribution in [2.24, 2.45) is 7.05 Å². The number of thioether (sulfide) groups is 1. The standard InChI is InChI=1S/C21H20ClN5O4S/c1-25-10-15(22)16(24-25)11-26(9-13-12-30-17-4-2-3-5-18(17)31-13)19(28)14-8-23-21-27(20(14)29)6-7-32-21/h2-5,8,10,13H,6-7,9,11-12H2,1H3. The Hall–Kier alpha value is -2.98. The second-order valence-corrected chi connectivity index (χ2v) is 9.01. The SMILES string of the molecule is Cn1cc(Cl)c(CN(CC2COc3ccccc3O2)C(=O)c2cnc3n(c2=O)CCS3)n1. The highest BCUT2D eigenvalue weighted by Crippen LogP contribution is 2.31. The number of para-hydroxylation sites is 2. The van der Waals surface area contributed by atoms with Crippen LogP contribution in [0, 0.1) is 0 Å². The minimum Gasteiger partial charge on any atom is -0.486 e. The highest BCUT2D eigenvalue weighted by Gasteiger charge is 2.30. The zero-order valence-electron chi connectivity index (χ0n) is 17.2. The van der Waals surface area contributed by atoms with Gasteiger partial charge in [0.25, 0.3) is 11.5 Å². The summed E-state index contributed by atoms with van der Waals surface area (Å²) in [7, 11) is 1.75. The number of ether oxygens (including phenoxy) is 2. The van der Waals surface area contributed by atoms with Gasteiger partial charge >= 0.3 is 0 Å². The van der Waals surface area contributed by atoms with E-state index in [2.05, 4.69) is 10.1 Å². The predicted molar refractivity (Wildman–Crippen MR) is 119 cm³/mol. The molecule has 1 unspecified atom stereocenters. The second-order valence-electron chi connectivity index (χ2n) is 7.54. The van der Waals surface area contributed by atoms with E-state index < -0.39 is 12.0 Å². The summed E-state index contributed by atoms with van der Waals surface area (Å²) in [6.07, 6.45) is 2.60. The van der Waals surface area contributed by atoms with Crippen molar-refractivity contribution in [1.29, 1.82) is 0 Å². The fourth-order valence-electron chi connectivity index (χ4n) is 3.75. The molecule has 2 aromatic heterocycles. The summed E-state index contributed by atoms with van der Waals surface area (Å²) < 4.78 is 15.0. The van der Waals surface area contributed by atoms with Crippen molar-refractivity contribution in [3.8, 4) is 11.5 Å². The van der Waals surface area contributed by atoms with Crippen LogP contribution in [0.5, 0.6) is 11.5 Å². The Bertz CT molecular complexity index is 1240. The van der Waals surface area contributed by atoms with Crippen LogP contribution >= 0.6 is 23.4 Å². The Labute approximate surface area is 192 Å². The minimum absolute atomic E-state index is 0.0143. The maximum atomic E-state index is 13.5. The zero-order chi connectivity index (χ0) is 22.2. The summed E-state index contributed by atoms with van der Waals surface area (Å²) >= 11 is 7.80. The first kappa shape index (κ1) is 20.9. The number of carbonyl (C=O) groups is 1. The highest BCUT2D eigenvalue weighted by atomic mass is 35.5. The molecule has 0 fully saturated rings. The van der Waals surface area contributed by atoms with E-state index in [1.54, 1.807) is 22.5 Å². The normalized spacial score (nSPS) is 16.6. The molecule has 0 bridgehead atoms. The molecule has 0 saturated carbocycles. The van der Waals surface area contributed by atoms with Crippen LogP contribution in [0.1, 0.15) is 16.1 Å². The number of halogens is 1. The average molecular weight is 474 g/mol. The summed E-state index contributed by atoms with van der Waals surface area (Å²) in [5.74, 6) is 1.59. The van der Waals surface area contributed by atoms with Gasteiger partial charge in [0.05, 0.1) is 18.1 Å². The van der Waals surface area contributed by atoms with E-state index >= 15 is 0 Å². The van der Waals surface area contributed by atoms with Gasteiger partial charge in [-0.3, -0.25) is 18.8 Å². The molecule has 1 atom stereocenters.